The Kier molecular flexibility index (Phi) is 4.77. The van der Waals surface area contributed by atoms with Crippen LogP contribution in [-0.2, 0) is 0 Å². The lowest BCUT2D eigenvalue weighted by Crippen LogP contribution is -2.04. The van der Waals surface area contributed by atoms with Gasteiger partial charge in [0.2, 0.25) is 0 Å². The van der Waals surface area contributed by atoms with Gasteiger partial charge in [0.25, 0.3) is 0 Å². The number of nitrogens with zero attached hydrogens (tertiary/aromatic N) is 2. The standard InChI is InChI=1S/C14H15BrClN3/c1-3-6-17-13-7-9(2)18-14(19-13)11-5-4-10(15)8-12(11)16/h4-5,7-8H,3,6H2,1-2H3,(H,17,18,19). The largest absolute Gasteiger partial charge is 0.370 e. The van der Waals surface area contributed by atoms with Crippen molar-refractivity contribution >= 4 is 33.3 Å². The maximum Gasteiger partial charge on any atom is 0.163 e. The number of benzene rings is 1. The van der Waals surface area contributed by atoms with Crippen molar-refractivity contribution in [3.8, 4) is 11.4 Å². The highest BCUT2D eigenvalue weighted by atomic mass is 79.9. The molecule has 0 unspecified atom stereocenters. The van der Waals surface area contributed by atoms with E-state index in [2.05, 4.69) is 38.1 Å². The second-order valence-electron chi connectivity index (χ2n) is 4.27. The zero-order chi connectivity index (χ0) is 13.8. The Morgan fingerprint density at radius 3 is 2.74 bits per heavy atom. The van der Waals surface area contributed by atoms with Crippen LogP contribution >= 0.6 is 27.5 Å². The van der Waals surface area contributed by atoms with Gasteiger partial charge in [0.05, 0.1) is 5.02 Å². The fraction of sp³-hybridized carbons (Fsp3) is 0.286. The molecule has 0 bridgehead atoms. The number of rotatable bonds is 4. The van der Waals surface area contributed by atoms with Crippen LogP contribution in [0.25, 0.3) is 11.4 Å². The lowest BCUT2D eigenvalue weighted by Gasteiger charge is -2.09. The van der Waals surface area contributed by atoms with Gasteiger partial charge in [-0.3, -0.25) is 0 Å². The molecule has 1 N–H and O–H groups in total. The van der Waals surface area contributed by atoms with Crippen molar-refractivity contribution in [2.24, 2.45) is 0 Å². The molecule has 0 spiro atoms. The van der Waals surface area contributed by atoms with E-state index in [1.165, 1.54) is 0 Å². The molecule has 0 aliphatic carbocycles. The number of aryl methyl sites for hydroxylation is 1. The summed E-state index contributed by atoms with van der Waals surface area (Å²) >= 11 is 9.64. The molecule has 0 radical (unpaired) electrons. The first-order valence-corrected chi connectivity index (χ1v) is 7.32. The Hall–Kier alpha value is -1.13. The molecule has 0 amide bonds. The molecular weight excluding hydrogens is 326 g/mol. The Bertz CT molecular complexity index is 587. The third-order valence-corrected chi connectivity index (χ3v) is 3.39. The van der Waals surface area contributed by atoms with Gasteiger partial charge in [0, 0.05) is 28.3 Å². The number of hydrogen-bond acceptors (Lipinski definition) is 3. The lowest BCUT2D eigenvalue weighted by molar-refractivity contribution is 0.962. The molecule has 0 aliphatic heterocycles. The minimum Gasteiger partial charge on any atom is -0.370 e. The molecule has 1 aromatic carbocycles. The van der Waals surface area contributed by atoms with Gasteiger partial charge in [-0.1, -0.05) is 34.5 Å². The summed E-state index contributed by atoms with van der Waals surface area (Å²) in [5.74, 6) is 1.49. The van der Waals surface area contributed by atoms with E-state index >= 15 is 0 Å². The maximum absolute atomic E-state index is 6.24. The Morgan fingerprint density at radius 2 is 2.05 bits per heavy atom. The third kappa shape index (κ3) is 3.67. The minimum atomic E-state index is 0.640. The van der Waals surface area contributed by atoms with Crippen LogP contribution in [0.4, 0.5) is 5.82 Å². The summed E-state index contributed by atoms with van der Waals surface area (Å²) < 4.78 is 0.943. The second-order valence-corrected chi connectivity index (χ2v) is 5.59. The predicted molar refractivity (Wildman–Crippen MR) is 83.7 cm³/mol. The van der Waals surface area contributed by atoms with E-state index in [0.717, 1.165) is 34.5 Å². The third-order valence-electron chi connectivity index (χ3n) is 2.58. The fourth-order valence-electron chi connectivity index (χ4n) is 1.70. The fourth-order valence-corrected chi connectivity index (χ4v) is 2.46. The van der Waals surface area contributed by atoms with Gasteiger partial charge in [-0.15, -0.1) is 0 Å². The van der Waals surface area contributed by atoms with Crippen molar-refractivity contribution in [1.82, 2.24) is 9.97 Å². The van der Waals surface area contributed by atoms with E-state index in [-0.39, 0.29) is 0 Å². The first-order valence-electron chi connectivity index (χ1n) is 6.15. The van der Waals surface area contributed by atoms with Crippen molar-refractivity contribution in [3.05, 3.63) is 39.5 Å². The molecule has 2 rings (SSSR count). The summed E-state index contributed by atoms with van der Waals surface area (Å²) in [6.45, 7) is 4.96. The first kappa shape index (κ1) is 14.3. The SMILES string of the molecule is CCCNc1cc(C)nc(-c2ccc(Br)cc2Cl)n1. The summed E-state index contributed by atoms with van der Waals surface area (Å²) in [6.07, 6.45) is 1.05. The zero-order valence-corrected chi connectivity index (χ0v) is 13.2. The first-order chi connectivity index (χ1) is 9.10. The summed E-state index contributed by atoms with van der Waals surface area (Å²) in [7, 11) is 0. The molecule has 3 nitrogen and oxygen atoms in total. The van der Waals surface area contributed by atoms with Crippen LogP contribution in [0.2, 0.25) is 5.02 Å². The van der Waals surface area contributed by atoms with Gasteiger partial charge in [-0.05, 0) is 31.5 Å². The Morgan fingerprint density at radius 1 is 1.26 bits per heavy atom. The van der Waals surface area contributed by atoms with E-state index in [0.29, 0.717) is 10.8 Å². The highest BCUT2D eigenvalue weighted by molar-refractivity contribution is 9.10. The monoisotopic (exact) mass is 339 g/mol. The van der Waals surface area contributed by atoms with Crippen LogP contribution < -0.4 is 5.32 Å². The smallest absolute Gasteiger partial charge is 0.163 e. The van der Waals surface area contributed by atoms with Gasteiger partial charge >= 0.3 is 0 Å². The molecule has 19 heavy (non-hydrogen) atoms. The van der Waals surface area contributed by atoms with Crippen LogP contribution in [0.1, 0.15) is 19.0 Å². The van der Waals surface area contributed by atoms with Crippen molar-refractivity contribution in [3.63, 3.8) is 0 Å². The average molecular weight is 341 g/mol. The Labute approximate surface area is 126 Å². The van der Waals surface area contributed by atoms with Gasteiger partial charge in [0.15, 0.2) is 5.82 Å². The lowest BCUT2D eigenvalue weighted by atomic mass is 10.2. The number of halogens is 2. The van der Waals surface area contributed by atoms with Crippen LogP contribution in [0.15, 0.2) is 28.7 Å². The van der Waals surface area contributed by atoms with Crippen LogP contribution in [0.3, 0.4) is 0 Å². The molecule has 100 valence electrons. The van der Waals surface area contributed by atoms with E-state index in [9.17, 15) is 0 Å². The summed E-state index contributed by atoms with van der Waals surface area (Å²) in [4.78, 5) is 8.96. The molecule has 0 atom stereocenters. The quantitative estimate of drug-likeness (QED) is 0.877. The predicted octanol–water partition coefficient (Wildman–Crippen LogP) is 4.69. The number of nitrogens with one attached hydrogen (secondary N) is 1. The van der Waals surface area contributed by atoms with Crippen LogP contribution in [-0.4, -0.2) is 16.5 Å². The van der Waals surface area contributed by atoms with E-state index < -0.39 is 0 Å². The molecular formula is C14H15BrClN3. The van der Waals surface area contributed by atoms with Crippen LogP contribution in [0.5, 0.6) is 0 Å². The molecule has 0 saturated heterocycles. The highest BCUT2D eigenvalue weighted by Gasteiger charge is 2.09. The number of aromatic nitrogens is 2. The highest BCUT2D eigenvalue weighted by Crippen LogP contribution is 2.29. The molecule has 1 heterocycles. The van der Waals surface area contributed by atoms with Gasteiger partial charge < -0.3 is 5.32 Å². The van der Waals surface area contributed by atoms with Gasteiger partial charge in [-0.25, -0.2) is 9.97 Å². The molecule has 5 heteroatoms. The molecule has 0 saturated carbocycles. The molecule has 0 fully saturated rings. The van der Waals surface area contributed by atoms with Gasteiger partial charge in [0.1, 0.15) is 5.82 Å². The maximum atomic E-state index is 6.24. The summed E-state index contributed by atoms with van der Waals surface area (Å²) in [5.41, 5.74) is 1.76. The van der Waals surface area contributed by atoms with E-state index in [4.69, 9.17) is 11.6 Å². The molecule has 0 aliphatic rings. The average Bonchev–Trinajstić information content (AvgIpc) is 2.35. The summed E-state index contributed by atoms with van der Waals surface area (Å²) in [5, 5.41) is 3.91. The van der Waals surface area contributed by atoms with Gasteiger partial charge in [-0.2, -0.15) is 0 Å². The second kappa shape index (κ2) is 6.35. The number of hydrogen-bond donors (Lipinski definition) is 1. The minimum absolute atomic E-state index is 0.640. The Balaban J connectivity index is 2.41. The number of anilines is 1. The van der Waals surface area contributed by atoms with Crippen molar-refractivity contribution in [2.45, 2.75) is 20.3 Å². The van der Waals surface area contributed by atoms with Crippen molar-refractivity contribution < 1.29 is 0 Å². The van der Waals surface area contributed by atoms with E-state index in [1.54, 1.807) is 0 Å². The van der Waals surface area contributed by atoms with Crippen molar-refractivity contribution in [1.29, 1.82) is 0 Å². The molecule has 1 aromatic heterocycles. The summed E-state index contributed by atoms with van der Waals surface area (Å²) in [6, 6.07) is 7.64. The normalized spacial score (nSPS) is 10.5. The van der Waals surface area contributed by atoms with Crippen LogP contribution in [0, 0.1) is 6.92 Å². The van der Waals surface area contributed by atoms with E-state index in [1.807, 2.05) is 31.2 Å². The van der Waals surface area contributed by atoms with Crippen molar-refractivity contribution in [2.75, 3.05) is 11.9 Å². The zero-order valence-electron chi connectivity index (χ0n) is 10.9. The molecule has 2 aromatic rings. The topological polar surface area (TPSA) is 37.8 Å².